The van der Waals surface area contributed by atoms with E-state index in [9.17, 15) is 18.4 Å². The van der Waals surface area contributed by atoms with Gasteiger partial charge in [0.25, 0.3) is 0 Å². The van der Waals surface area contributed by atoms with Crippen molar-refractivity contribution < 1.29 is 13.2 Å². The van der Waals surface area contributed by atoms with Crippen molar-refractivity contribution in [3.8, 4) is 73.1 Å². The van der Waals surface area contributed by atoms with Gasteiger partial charge in [-0.15, -0.1) is 0 Å². The molecule has 6 heteroatoms. The Balaban J connectivity index is 1.22. The highest BCUT2D eigenvalue weighted by atomic mass is 19.4. The number of rotatable bonds is 7. The van der Waals surface area contributed by atoms with Gasteiger partial charge in [-0.1, -0.05) is 176 Å². The summed E-state index contributed by atoms with van der Waals surface area (Å²) in [6, 6.07) is 76.8. The molecule has 0 fully saturated rings. The largest absolute Gasteiger partial charge is 0.416 e. The summed E-state index contributed by atoms with van der Waals surface area (Å²) in [5.41, 5.74) is 13.7. The van der Waals surface area contributed by atoms with Gasteiger partial charge in [-0.3, -0.25) is 0 Å². The van der Waals surface area contributed by atoms with Crippen molar-refractivity contribution in [1.29, 1.82) is 5.26 Å². The van der Waals surface area contributed by atoms with E-state index in [1.54, 1.807) is 6.92 Å². The van der Waals surface area contributed by atoms with Crippen LogP contribution >= 0.6 is 0 Å². The van der Waals surface area contributed by atoms with Crippen LogP contribution in [0.4, 0.5) is 13.2 Å². The summed E-state index contributed by atoms with van der Waals surface area (Å²) in [7, 11) is 0. The zero-order chi connectivity index (χ0) is 46.8. The maximum Gasteiger partial charge on any atom is 0.416 e. The van der Waals surface area contributed by atoms with E-state index < -0.39 is 11.7 Å². The molecule has 0 spiro atoms. The number of halogens is 3. The lowest BCUT2D eigenvalue weighted by Crippen LogP contribution is -2.07. The minimum atomic E-state index is -4.60. The van der Waals surface area contributed by atoms with Crippen LogP contribution in [0.1, 0.15) is 16.7 Å². The molecule has 0 atom stereocenters. The molecule has 12 aromatic rings. The molecule has 3 nitrogen and oxygen atoms in total. The van der Waals surface area contributed by atoms with Gasteiger partial charge in [-0.05, 0) is 111 Å². The topological polar surface area (TPSA) is 33.6 Å². The first kappa shape index (κ1) is 41.5. The van der Waals surface area contributed by atoms with Crippen LogP contribution in [-0.4, -0.2) is 9.13 Å². The Labute approximate surface area is 396 Å². The molecule has 0 unspecified atom stereocenters. The van der Waals surface area contributed by atoms with Crippen LogP contribution in [-0.2, 0) is 6.18 Å². The minimum absolute atomic E-state index is 0.361. The summed E-state index contributed by atoms with van der Waals surface area (Å²) in [5.74, 6) is 0. The molecule has 12 rings (SSSR count). The second-order valence-electron chi connectivity index (χ2n) is 17.6. The molecule has 2 heterocycles. The van der Waals surface area contributed by atoms with Crippen molar-refractivity contribution in [3.63, 3.8) is 0 Å². The Hall–Kier alpha value is -8.92. The zero-order valence-electron chi connectivity index (χ0n) is 37.3. The first-order valence-corrected chi connectivity index (χ1v) is 22.9. The van der Waals surface area contributed by atoms with E-state index >= 15 is 0 Å². The number of hydrogen-bond donors (Lipinski definition) is 0. The van der Waals surface area contributed by atoms with Crippen LogP contribution in [0.2, 0.25) is 0 Å². The van der Waals surface area contributed by atoms with Gasteiger partial charge in [0.1, 0.15) is 6.07 Å². The van der Waals surface area contributed by atoms with Gasteiger partial charge in [-0.2, -0.15) is 18.4 Å². The van der Waals surface area contributed by atoms with Crippen molar-refractivity contribution in [2.75, 3.05) is 0 Å². The normalized spacial score (nSPS) is 11.8. The summed E-state index contributed by atoms with van der Waals surface area (Å²) in [4.78, 5) is 0. The highest BCUT2D eigenvalue weighted by Crippen LogP contribution is 2.45. The molecule has 0 radical (unpaired) electrons. The predicted molar refractivity (Wildman–Crippen MR) is 277 cm³/mol. The van der Waals surface area contributed by atoms with Crippen LogP contribution in [0.25, 0.3) is 111 Å². The lowest BCUT2D eigenvalue weighted by atomic mass is 9.95. The number of nitriles is 1. The van der Waals surface area contributed by atoms with Crippen molar-refractivity contribution >= 4 is 43.6 Å². The fraction of sp³-hybridized carbons (Fsp3) is 0.0317. The number of alkyl halides is 3. The fourth-order valence-electron chi connectivity index (χ4n) is 10.2. The lowest BCUT2D eigenvalue weighted by molar-refractivity contribution is -0.137. The van der Waals surface area contributed by atoms with Gasteiger partial charge in [0.2, 0.25) is 0 Å². The second kappa shape index (κ2) is 16.4. The van der Waals surface area contributed by atoms with Crippen molar-refractivity contribution in [3.05, 3.63) is 241 Å². The van der Waals surface area contributed by atoms with Crippen LogP contribution in [0, 0.1) is 18.3 Å². The molecule has 0 saturated carbocycles. The third-order valence-corrected chi connectivity index (χ3v) is 13.4. The van der Waals surface area contributed by atoms with Crippen molar-refractivity contribution in [2.24, 2.45) is 0 Å². The molecule has 0 aliphatic carbocycles. The monoisotopic (exact) mass is 895 g/mol. The molecule has 2 aromatic heterocycles. The quantitative estimate of drug-likeness (QED) is 0.157. The van der Waals surface area contributed by atoms with Crippen molar-refractivity contribution in [1.82, 2.24) is 9.13 Å². The molecule has 328 valence electrons. The van der Waals surface area contributed by atoms with Crippen LogP contribution in [0.3, 0.4) is 0 Å². The Morgan fingerprint density at radius 2 is 0.725 bits per heavy atom. The minimum Gasteiger partial charge on any atom is -0.309 e. The zero-order valence-corrected chi connectivity index (χ0v) is 37.3. The van der Waals surface area contributed by atoms with E-state index in [4.69, 9.17) is 0 Å². The van der Waals surface area contributed by atoms with E-state index in [0.29, 0.717) is 33.6 Å². The summed E-state index contributed by atoms with van der Waals surface area (Å²) in [6.45, 7) is 1.70. The highest BCUT2D eigenvalue weighted by Gasteiger charge is 2.32. The van der Waals surface area contributed by atoms with E-state index in [2.05, 4.69) is 137 Å². The molecule has 0 aliphatic rings. The van der Waals surface area contributed by atoms with Gasteiger partial charge in [0, 0.05) is 27.1 Å². The van der Waals surface area contributed by atoms with Gasteiger partial charge >= 0.3 is 6.18 Å². The van der Waals surface area contributed by atoms with Crippen LogP contribution in [0.15, 0.2) is 224 Å². The smallest absolute Gasteiger partial charge is 0.309 e. The summed E-state index contributed by atoms with van der Waals surface area (Å²) in [6.07, 6.45) is -4.60. The third kappa shape index (κ3) is 7.24. The van der Waals surface area contributed by atoms with E-state index in [0.717, 1.165) is 88.1 Å². The van der Waals surface area contributed by atoms with E-state index in [1.807, 2.05) is 91.0 Å². The van der Waals surface area contributed by atoms with Gasteiger partial charge < -0.3 is 9.13 Å². The summed E-state index contributed by atoms with van der Waals surface area (Å²) in [5, 5.41) is 15.4. The van der Waals surface area contributed by atoms with Crippen LogP contribution < -0.4 is 0 Å². The number of aromatic nitrogens is 2. The first-order chi connectivity index (χ1) is 33.7. The molecular formula is C63H40F3N3. The Morgan fingerprint density at radius 3 is 1.07 bits per heavy atom. The fourth-order valence-corrected chi connectivity index (χ4v) is 10.2. The second-order valence-corrected chi connectivity index (χ2v) is 17.6. The Kier molecular flexibility index (Phi) is 9.89. The van der Waals surface area contributed by atoms with Crippen molar-refractivity contribution in [2.45, 2.75) is 13.1 Å². The van der Waals surface area contributed by atoms with Gasteiger partial charge in [0.05, 0.1) is 44.6 Å². The predicted octanol–water partition coefficient (Wildman–Crippen LogP) is 17.4. The van der Waals surface area contributed by atoms with Gasteiger partial charge in [-0.25, -0.2) is 0 Å². The number of aryl methyl sites for hydroxylation is 1. The van der Waals surface area contributed by atoms with Crippen LogP contribution in [0.5, 0.6) is 0 Å². The Morgan fingerprint density at radius 1 is 0.362 bits per heavy atom. The lowest BCUT2D eigenvalue weighted by Gasteiger charge is -2.20. The number of fused-ring (bicyclic) bond motifs is 6. The number of benzene rings is 10. The number of hydrogen-bond acceptors (Lipinski definition) is 1. The summed E-state index contributed by atoms with van der Waals surface area (Å²) >= 11 is 0. The molecule has 10 aromatic carbocycles. The van der Waals surface area contributed by atoms with Gasteiger partial charge in [0.15, 0.2) is 0 Å². The molecule has 0 N–H and O–H groups in total. The number of nitrogens with zero attached hydrogens (tertiary/aromatic N) is 3. The average molecular weight is 896 g/mol. The third-order valence-electron chi connectivity index (χ3n) is 13.4. The highest BCUT2D eigenvalue weighted by molar-refractivity contribution is 6.13. The maximum atomic E-state index is 14.9. The molecule has 0 aliphatic heterocycles. The van der Waals surface area contributed by atoms with E-state index in [-0.39, 0.29) is 0 Å². The Bertz CT molecular complexity index is 3800. The SMILES string of the molecule is Cc1cc(-c2cc(-n3c4cc(-c5ccccc5)ccc4c4ccc(-c5ccccc5)cc43)c(C#N)cc2-n2c3cc(-c4ccccc4)ccc3c3ccc(-c4ccccc4)cc32)cc(C(F)(F)F)c1. The molecule has 0 saturated heterocycles. The summed E-state index contributed by atoms with van der Waals surface area (Å²) < 4.78 is 49.1. The average Bonchev–Trinajstić information content (AvgIpc) is 3.89. The standard InChI is InChI=1S/C63H40F3N3/c1-40-30-49(32-51(31-40)63(64,65)66)56-38-57(68-58-33-45(41-14-6-2-7-15-41)22-26-52(58)53-27-23-46(34-59(53)68)42-16-8-3-9-17-42)50(39-67)37-62(56)69-60-35-47(43-18-10-4-11-19-43)24-28-54(60)55-29-25-48(36-61(55)69)44-20-12-5-13-21-44/h2-38H,1H3. The first-order valence-electron chi connectivity index (χ1n) is 22.9. The molecule has 0 bridgehead atoms. The van der Waals surface area contributed by atoms with E-state index in [1.165, 1.54) is 12.1 Å². The molecule has 0 amide bonds. The maximum absolute atomic E-state index is 14.9. The molecule has 69 heavy (non-hydrogen) atoms. The molecular weight excluding hydrogens is 856 g/mol.